The third-order valence-electron chi connectivity index (χ3n) is 6.82. The maximum absolute atomic E-state index is 12.3. The van der Waals surface area contributed by atoms with Gasteiger partial charge < -0.3 is 0 Å². The van der Waals surface area contributed by atoms with Crippen molar-refractivity contribution in [2.24, 2.45) is 28.6 Å². The first-order chi connectivity index (χ1) is 9.95. The van der Waals surface area contributed by atoms with E-state index in [1.165, 1.54) is 0 Å². The zero-order valence-electron chi connectivity index (χ0n) is 12.8. The molecule has 0 spiro atoms. The monoisotopic (exact) mass is 282 g/mol. The van der Waals surface area contributed by atoms with Crippen LogP contribution in [-0.2, 0) is 9.59 Å². The number of fused-ring (bicyclic) bond motifs is 5. The van der Waals surface area contributed by atoms with Crippen LogP contribution in [0.15, 0.2) is 36.0 Å². The van der Waals surface area contributed by atoms with Gasteiger partial charge >= 0.3 is 0 Å². The zero-order chi connectivity index (χ0) is 14.8. The van der Waals surface area contributed by atoms with Crippen LogP contribution in [-0.4, -0.2) is 11.6 Å². The minimum absolute atomic E-state index is 0.0275. The number of ketones is 2. The van der Waals surface area contributed by atoms with Crippen molar-refractivity contribution in [1.82, 2.24) is 0 Å². The fourth-order valence-corrected chi connectivity index (χ4v) is 5.42. The van der Waals surface area contributed by atoms with Crippen molar-refractivity contribution < 1.29 is 9.59 Å². The zero-order valence-corrected chi connectivity index (χ0v) is 12.8. The van der Waals surface area contributed by atoms with E-state index in [-0.39, 0.29) is 16.6 Å². The van der Waals surface area contributed by atoms with Crippen LogP contribution in [0.4, 0.5) is 0 Å². The summed E-state index contributed by atoms with van der Waals surface area (Å²) in [7, 11) is 0. The summed E-state index contributed by atoms with van der Waals surface area (Å²) in [6.45, 7) is 4.45. The maximum Gasteiger partial charge on any atom is 0.178 e. The lowest BCUT2D eigenvalue weighted by Crippen LogP contribution is -2.48. The van der Waals surface area contributed by atoms with Gasteiger partial charge in [-0.2, -0.15) is 0 Å². The standard InChI is InChI=1S/C19H22O2/c1-18-9-7-13(20)11-12(18)3-4-14-15-5-6-17(21)19(15,2)10-8-16(14)18/h3-4,7,9,11,14-16H,5-6,8,10H2,1-2H3/t14-,15-,16-,18-,19-/m1/s1. The summed E-state index contributed by atoms with van der Waals surface area (Å²) in [6.07, 6.45) is 14.0. The molecule has 0 aromatic heterocycles. The Morgan fingerprint density at radius 1 is 1.10 bits per heavy atom. The molecule has 5 atom stereocenters. The van der Waals surface area contributed by atoms with Crippen molar-refractivity contribution in [3.8, 4) is 0 Å². The summed E-state index contributed by atoms with van der Waals surface area (Å²) < 4.78 is 0. The van der Waals surface area contributed by atoms with Crippen LogP contribution in [0.25, 0.3) is 0 Å². The number of allylic oxidation sites excluding steroid dienone is 6. The summed E-state index contributed by atoms with van der Waals surface area (Å²) in [5, 5.41) is 0. The molecule has 4 rings (SSSR count). The van der Waals surface area contributed by atoms with Gasteiger partial charge in [-0.1, -0.05) is 32.1 Å². The molecule has 2 heteroatoms. The minimum atomic E-state index is -0.0999. The predicted octanol–water partition coefficient (Wildman–Crippen LogP) is 3.64. The molecule has 0 saturated heterocycles. The molecule has 0 heterocycles. The first-order valence-corrected chi connectivity index (χ1v) is 8.12. The van der Waals surface area contributed by atoms with Gasteiger partial charge in [0.25, 0.3) is 0 Å². The molecule has 0 aliphatic heterocycles. The predicted molar refractivity (Wildman–Crippen MR) is 81.5 cm³/mol. The summed E-state index contributed by atoms with van der Waals surface area (Å²) in [5.74, 6) is 2.07. The molecule has 0 radical (unpaired) electrons. The van der Waals surface area contributed by atoms with Crippen LogP contribution in [0.1, 0.15) is 39.5 Å². The fourth-order valence-electron chi connectivity index (χ4n) is 5.42. The number of carbonyl (C=O) groups is 2. The normalized spacial score (nSPS) is 47.7. The summed E-state index contributed by atoms with van der Waals surface area (Å²) >= 11 is 0. The number of hydrogen-bond donors (Lipinski definition) is 0. The van der Waals surface area contributed by atoms with Gasteiger partial charge in [-0.15, -0.1) is 0 Å². The van der Waals surface area contributed by atoms with Crippen molar-refractivity contribution in [2.45, 2.75) is 39.5 Å². The average molecular weight is 282 g/mol. The topological polar surface area (TPSA) is 34.1 Å². The lowest BCUT2D eigenvalue weighted by atomic mass is 9.50. The van der Waals surface area contributed by atoms with E-state index in [0.717, 1.165) is 31.3 Å². The second kappa shape index (κ2) is 4.06. The smallest absolute Gasteiger partial charge is 0.178 e. The maximum atomic E-state index is 12.3. The van der Waals surface area contributed by atoms with Crippen molar-refractivity contribution in [3.05, 3.63) is 36.0 Å². The van der Waals surface area contributed by atoms with Crippen molar-refractivity contribution in [2.75, 3.05) is 0 Å². The van der Waals surface area contributed by atoms with E-state index >= 15 is 0 Å². The Morgan fingerprint density at radius 3 is 2.71 bits per heavy atom. The Hall–Kier alpha value is -1.44. The molecule has 2 nitrogen and oxygen atoms in total. The Balaban J connectivity index is 1.78. The Morgan fingerprint density at radius 2 is 1.90 bits per heavy atom. The molecule has 0 bridgehead atoms. The highest BCUT2D eigenvalue weighted by Crippen LogP contribution is 2.61. The SMILES string of the molecule is C[C@@]12CC[C@@H]3[C@H](C=CC4=CC(=O)C=C[C@]43C)[C@H]1CCC2=O. The number of hydrogen-bond acceptors (Lipinski definition) is 2. The van der Waals surface area contributed by atoms with Crippen LogP contribution in [0, 0.1) is 28.6 Å². The van der Waals surface area contributed by atoms with Crippen molar-refractivity contribution in [1.29, 1.82) is 0 Å². The molecule has 0 amide bonds. The first kappa shape index (κ1) is 13.2. The number of rotatable bonds is 0. The average Bonchev–Trinajstić information content (AvgIpc) is 2.76. The Kier molecular flexibility index (Phi) is 2.56. The van der Waals surface area contributed by atoms with E-state index < -0.39 is 0 Å². The summed E-state index contributed by atoms with van der Waals surface area (Å²) in [5.41, 5.74) is 1.03. The van der Waals surface area contributed by atoms with Gasteiger partial charge in [-0.3, -0.25) is 9.59 Å². The van der Waals surface area contributed by atoms with Crippen molar-refractivity contribution >= 4 is 11.6 Å². The van der Waals surface area contributed by atoms with E-state index in [2.05, 4.69) is 32.1 Å². The van der Waals surface area contributed by atoms with E-state index in [1.807, 2.05) is 0 Å². The molecule has 0 aromatic carbocycles. The van der Waals surface area contributed by atoms with E-state index in [9.17, 15) is 9.59 Å². The Bertz CT molecular complexity index is 623. The highest BCUT2D eigenvalue weighted by Gasteiger charge is 2.57. The van der Waals surface area contributed by atoms with Crippen LogP contribution >= 0.6 is 0 Å². The minimum Gasteiger partial charge on any atom is -0.299 e. The quantitative estimate of drug-likeness (QED) is 0.680. The number of carbonyl (C=O) groups excluding carboxylic acids is 2. The molecule has 0 aromatic rings. The van der Waals surface area contributed by atoms with Gasteiger partial charge in [-0.05, 0) is 54.7 Å². The van der Waals surface area contributed by atoms with E-state index in [0.29, 0.717) is 23.5 Å². The van der Waals surface area contributed by atoms with Gasteiger partial charge in [0.1, 0.15) is 5.78 Å². The molecule has 0 N–H and O–H groups in total. The van der Waals surface area contributed by atoms with Gasteiger partial charge in [0, 0.05) is 17.3 Å². The lowest BCUT2D eigenvalue weighted by Gasteiger charge is -2.53. The van der Waals surface area contributed by atoms with Crippen molar-refractivity contribution in [3.63, 3.8) is 0 Å². The highest BCUT2D eigenvalue weighted by molar-refractivity contribution is 6.01. The van der Waals surface area contributed by atoms with Crippen LogP contribution < -0.4 is 0 Å². The molecular weight excluding hydrogens is 260 g/mol. The summed E-state index contributed by atoms with van der Waals surface area (Å²) in [6, 6.07) is 0. The van der Waals surface area contributed by atoms with Gasteiger partial charge in [0.15, 0.2) is 5.78 Å². The van der Waals surface area contributed by atoms with Gasteiger partial charge in [-0.25, -0.2) is 0 Å². The largest absolute Gasteiger partial charge is 0.299 e. The highest BCUT2D eigenvalue weighted by atomic mass is 16.1. The van der Waals surface area contributed by atoms with E-state index in [4.69, 9.17) is 0 Å². The van der Waals surface area contributed by atoms with Crippen LogP contribution in [0.5, 0.6) is 0 Å². The molecule has 110 valence electrons. The van der Waals surface area contributed by atoms with Gasteiger partial charge in [0.05, 0.1) is 0 Å². The molecule has 2 saturated carbocycles. The fraction of sp³-hybridized carbons (Fsp3) is 0.579. The molecule has 4 aliphatic carbocycles. The first-order valence-electron chi connectivity index (χ1n) is 8.12. The number of Topliss-reactive ketones (excluding diaryl/α,β-unsaturated/α-hetero) is 1. The summed E-state index contributed by atoms with van der Waals surface area (Å²) in [4.78, 5) is 24.0. The third kappa shape index (κ3) is 1.59. The Labute approximate surface area is 126 Å². The molecule has 4 aliphatic rings. The van der Waals surface area contributed by atoms with E-state index in [1.54, 1.807) is 12.2 Å². The molecule has 21 heavy (non-hydrogen) atoms. The molecule has 2 fully saturated rings. The third-order valence-corrected chi connectivity index (χ3v) is 6.82. The second-order valence-electron chi connectivity index (χ2n) is 7.69. The van der Waals surface area contributed by atoms with Gasteiger partial charge in [0.2, 0.25) is 0 Å². The molecular formula is C19H22O2. The second-order valence-corrected chi connectivity index (χ2v) is 7.69. The van der Waals surface area contributed by atoms with Crippen LogP contribution in [0.2, 0.25) is 0 Å². The van der Waals surface area contributed by atoms with Crippen LogP contribution in [0.3, 0.4) is 0 Å². The lowest BCUT2D eigenvalue weighted by molar-refractivity contribution is -0.130. The molecule has 0 unspecified atom stereocenters.